The molecule has 0 saturated heterocycles. The first-order valence-electron chi connectivity index (χ1n) is 5.54. The van der Waals surface area contributed by atoms with Gasteiger partial charge in [-0.1, -0.05) is 6.92 Å². The molecule has 1 rings (SSSR count). The monoisotopic (exact) mass is 314 g/mol. The fourth-order valence-electron chi connectivity index (χ4n) is 1.24. The molecule has 1 aromatic carbocycles. The molecule has 2 amide bonds. The van der Waals surface area contributed by atoms with Crippen LogP contribution in [0.4, 0.5) is 10.5 Å². The van der Waals surface area contributed by atoms with Crippen molar-refractivity contribution < 1.29 is 14.7 Å². The molecule has 0 aliphatic carbocycles. The Kier molecular flexibility index (Phi) is 5.15. The van der Waals surface area contributed by atoms with Crippen molar-refractivity contribution >= 4 is 33.6 Å². The Morgan fingerprint density at radius 1 is 1.44 bits per heavy atom. The number of nitrogens with one attached hydrogen (secondary N) is 2. The maximum absolute atomic E-state index is 11.6. The Labute approximate surface area is 114 Å². The highest BCUT2D eigenvalue weighted by molar-refractivity contribution is 9.10. The number of carbonyl (C=O) groups excluding carboxylic acids is 1. The van der Waals surface area contributed by atoms with E-state index in [1.165, 1.54) is 12.1 Å². The lowest BCUT2D eigenvalue weighted by Gasteiger charge is -2.13. The van der Waals surface area contributed by atoms with Crippen molar-refractivity contribution in [3.63, 3.8) is 0 Å². The van der Waals surface area contributed by atoms with Gasteiger partial charge in [-0.3, -0.25) is 0 Å². The van der Waals surface area contributed by atoms with Crippen LogP contribution >= 0.6 is 15.9 Å². The van der Waals surface area contributed by atoms with E-state index in [-0.39, 0.29) is 17.6 Å². The maximum Gasteiger partial charge on any atom is 0.335 e. The summed E-state index contributed by atoms with van der Waals surface area (Å²) in [6.45, 7) is 3.86. The van der Waals surface area contributed by atoms with E-state index in [0.717, 1.165) is 6.42 Å². The third-order valence-corrected chi connectivity index (χ3v) is 3.14. The first kappa shape index (κ1) is 14.5. The van der Waals surface area contributed by atoms with Gasteiger partial charge in [-0.2, -0.15) is 0 Å². The van der Waals surface area contributed by atoms with Crippen LogP contribution in [0.25, 0.3) is 0 Å². The molecule has 6 heteroatoms. The molecule has 0 saturated carbocycles. The molecule has 0 fully saturated rings. The first-order valence-corrected chi connectivity index (χ1v) is 6.33. The van der Waals surface area contributed by atoms with Crippen LogP contribution in [0.2, 0.25) is 0 Å². The zero-order valence-electron chi connectivity index (χ0n) is 10.2. The number of urea groups is 1. The molecule has 1 aromatic rings. The Hall–Kier alpha value is -1.56. The van der Waals surface area contributed by atoms with Crippen LogP contribution in [0.1, 0.15) is 30.6 Å². The molecule has 0 aromatic heterocycles. The number of amides is 2. The molecule has 0 heterocycles. The van der Waals surface area contributed by atoms with Gasteiger partial charge >= 0.3 is 12.0 Å². The van der Waals surface area contributed by atoms with Gasteiger partial charge in [0.15, 0.2) is 0 Å². The van der Waals surface area contributed by atoms with Gasteiger partial charge in [0.05, 0.1) is 11.3 Å². The topological polar surface area (TPSA) is 78.4 Å². The quantitative estimate of drug-likeness (QED) is 0.799. The molecule has 1 unspecified atom stereocenters. The molecular weight excluding hydrogens is 300 g/mol. The van der Waals surface area contributed by atoms with Crippen molar-refractivity contribution in [3.05, 3.63) is 28.2 Å². The predicted molar refractivity (Wildman–Crippen MR) is 73.0 cm³/mol. The zero-order chi connectivity index (χ0) is 13.7. The molecule has 0 aliphatic rings. The third-order valence-electron chi connectivity index (χ3n) is 2.45. The molecule has 98 valence electrons. The van der Waals surface area contributed by atoms with E-state index in [0.29, 0.717) is 10.2 Å². The van der Waals surface area contributed by atoms with Crippen molar-refractivity contribution in [2.24, 2.45) is 0 Å². The van der Waals surface area contributed by atoms with E-state index in [4.69, 9.17) is 5.11 Å². The van der Waals surface area contributed by atoms with Crippen LogP contribution in [0.15, 0.2) is 22.7 Å². The largest absolute Gasteiger partial charge is 0.478 e. The summed E-state index contributed by atoms with van der Waals surface area (Å²) in [6.07, 6.45) is 0.823. The standard InChI is InChI=1S/C12H15BrN2O3/c1-3-7(2)14-12(18)15-10-6-8(11(16)17)4-5-9(10)13/h4-7H,3H2,1-2H3,(H,16,17)(H2,14,15,18). The smallest absolute Gasteiger partial charge is 0.335 e. The van der Waals surface area contributed by atoms with Gasteiger partial charge in [0, 0.05) is 10.5 Å². The molecule has 3 N–H and O–H groups in total. The van der Waals surface area contributed by atoms with Crippen LogP contribution in [-0.2, 0) is 0 Å². The van der Waals surface area contributed by atoms with Crippen molar-refractivity contribution in [1.82, 2.24) is 5.32 Å². The van der Waals surface area contributed by atoms with Crippen molar-refractivity contribution in [1.29, 1.82) is 0 Å². The van der Waals surface area contributed by atoms with E-state index in [9.17, 15) is 9.59 Å². The highest BCUT2D eigenvalue weighted by Gasteiger charge is 2.10. The van der Waals surface area contributed by atoms with Crippen molar-refractivity contribution in [2.45, 2.75) is 26.3 Å². The number of hydrogen-bond acceptors (Lipinski definition) is 2. The minimum Gasteiger partial charge on any atom is -0.478 e. The Morgan fingerprint density at radius 2 is 2.11 bits per heavy atom. The van der Waals surface area contributed by atoms with Crippen molar-refractivity contribution in [3.8, 4) is 0 Å². The van der Waals surface area contributed by atoms with Gasteiger partial charge in [-0.05, 0) is 47.5 Å². The van der Waals surface area contributed by atoms with E-state index in [2.05, 4.69) is 26.6 Å². The lowest BCUT2D eigenvalue weighted by atomic mass is 10.2. The highest BCUT2D eigenvalue weighted by atomic mass is 79.9. The van der Waals surface area contributed by atoms with Gasteiger partial charge in [0.2, 0.25) is 0 Å². The van der Waals surface area contributed by atoms with E-state index in [1.807, 2.05) is 13.8 Å². The maximum atomic E-state index is 11.6. The van der Waals surface area contributed by atoms with E-state index >= 15 is 0 Å². The Morgan fingerprint density at radius 3 is 2.67 bits per heavy atom. The molecule has 0 radical (unpaired) electrons. The number of carboxylic acids is 1. The summed E-state index contributed by atoms with van der Waals surface area (Å²) < 4.78 is 0.631. The molecule has 5 nitrogen and oxygen atoms in total. The summed E-state index contributed by atoms with van der Waals surface area (Å²) in [7, 11) is 0. The van der Waals surface area contributed by atoms with Gasteiger partial charge < -0.3 is 15.7 Å². The number of hydrogen-bond donors (Lipinski definition) is 3. The average molecular weight is 315 g/mol. The van der Waals surface area contributed by atoms with Gasteiger partial charge in [-0.15, -0.1) is 0 Å². The predicted octanol–water partition coefficient (Wildman–Crippen LogP) is 3.07. The summed E-state index contributed by atoms with van der Waals surface area (Å²) in [5.41, 5.74) is 0.549. The summed E-state index contributed by atoms with van der Waals surface area (Å²) in [6, 6.07) is 4.16. The number of rotatable bonds is 4. The van der Waals surface area contributed by atoms with Crippen molar-refractivity contribution in [2.75, 3.05) is 5.32 Å². The molecule has 0 bridgehead atoms. The SMILES string of the molecule is CCC(C)NC(=O)Nc1cc(C(=O)O)ccc1Br. The molecular formula is C12H15BrN2O3. The van der Waals surface area contributed by atoms with Gasteiger partial charge in [-0.25, -0.2) is 9.59 Å². The van der Waals surface area contributed by atoms with Crippen LogP contribution in [0, 0.1) is 0 Å². The summed E-state index contributed by atoms with van der Waals surface area (Å²) in [4.78, 5) is 22.5. The minimum atomic E-state index is -1.03. The molecule has 1 atom stereocenters. The van der Waals surface area contributed by atoms with Crippen LogP contribution in [-0.4, -0.2) is 23.1 Å². The summed E-state index contributed by atoms with van der Waals surface area (Å²) >= 11 is 3.26. The number of carbonyl (C=O) groups is 2. The van der Waals surface area contributed by atoms with Crippen LogP contribution in [0.3, 0.4) is 0 Å². The molecule has 18 heavy (non-hydrogen) atoms. The Bertz CT molecular complexity index is 463. The first-order chi connectivity index (χ1) is 8.43. The fourth-order valence-corrected chi connectivity index (χ4v) is 1.58. The van der Waals surface area contributed by atoms with Crippen LogP contribution in [0.5, 0.6) is 0 Å². The number of anilines is 1. The minimum absolute atomic E-state index is 0.0615. The number of halogens is 1. The second-order valence-electron chi connectivity index (χ2n) is 3.91. The fraction of sp³-hybridized carbons (Fsp3) is 0.333. The van der Waals surface area contributed by atoms with Gasteiger partial charge in [0.25, 0.3) is 0 Å². The molecule has 0 aliphatic heterocycles. The van der Waals surface area contributed by atoms with Gasteiger partial charge in [0.1, 0.15) is 0 Å². The molecule has 0 spiro atoms. The second-order valence-corrected chi connectivity index (χ2v) is 4.76. The number of aromatic carboxylic acids is 1. The average Bonchev–Trinajstić information content (AvgIpc) is 2.31. The second kappa shape index (κ2) is 6.39. The van der Waals surface area contributed by atoms with E-state index in [1.54, 1.807) is 6.07 Å². The van der Waals surface area contributed by atoms with E-state index < -0.39 is 5.97 Å². The zero-order valence-corrected chi connectivity index (χ0v) is 11.7. The number of benzene rings is 1. The lowest BCUT2D eigenvalue weighted by Crippen LogP contribution is -2.35. The normalized spacial score (nSPS) is 11.7. The number of carboxylic acid groups (broad SMARTS) is 1. The van der Waals surface area contributed by atoms with Crippen LogP contribution < -0.4 is 10.6 Å². The Balaban J connectivity index is 2.80. The lowest BCUT2D eigenvalue weighted by molar-refractivity contribution is 0.0697. The summed E-state index contributed by atoms with van der Waals surface area (Å²) in [5, 5.41) is 14.2. The highest BCUT2D eigenvalue weighted by Crippen LogP contribution is 2.23. The summed E-state index contributed by atoms with van der Waals surface area (Å²) in [5.74, 6) is -1.03. The third kappa shape index (κ3) is 4.03.